The molecule has 0 radical (unpaired) electrons. The lowest BCUT2D eigenvalue weighted by atomic mass is 9.94. The fraction of sp³-hybridized carbons (Fsp3) is 0.571. The van der Waals surface area contributed by atoms with Crippen molar-refractivity contribution in [2.45, 2.75) is 64.8 Å². The van der Waals surface area contributed by atoms with E-state index >= 15 is 0 Å². The van der Waals surface area contributed by atoms with E-state index in [2.05, 4.69) is 24.0 Å². The van der Waals surface area contributed by atoms with E-state index in [4.69, 9.17) is 4.52 Å². The number of piperidine rings is 1. The second-order valence-corrected chi connectivity index (χ2v) is 7.25. The maximum absolute atomic E-state index is 13.1. The van der Waals surface area contributed by atoms with Gasteiger partial charge in [0, 0.05) is 18.0 Å². The number of benzene rings is 1. The Hall–Kier alpha value is -2.24. The zero-order chi connectivity index (χ0) is 19.2. The molecule has 1 aliphatic rings. The highest BCUT2D eigenvalue weighted by molar-refractivity contribution is 5.79. The monoisotopic (exact) mass is 373 g/mol. The van der Waals surface area contributed by atoms with Gasteiger partial charge in [-0.25, -0.2) is 4.39 Å². The lowest BCUT2D eigenvalue weighted by Crippen LogP contribution is -2.42. The third-order valence-corrected chi connectivity index (χ3v) is 5.36. The second-order valence-electron chi connectivity index (χ2n) is 7.25. The maximum Gasteiger partial charge on any atom is 0.249 e. The van der Waals surface area contributed by atoms with E-state index in [0.717, 1.165) is 51.5 Å². The smallest absolute Gasteiger partial charge is 0.249 e. The van der Waals surface area contributed by atoms with Crippen LogP contribution in [0.2, 0.25) is 0 Å². The minimum atomic E-state index is -0.302. The van der Waals surface area contributed by atoms with Crippen molar-refractivity contribution in [3.63, 3.8) is 0 Å². The Morgan fingerprint density at radius 1 is 1.30 bits per heavy atom. The first-order chi connectivity index (χ1) is 13.1. The third-order valence-electron chi connectivity index (χ3n) is 5.36. The topological polar surface area (TPSA) is 59.2 Å². The summed E-state index contributed by atoms with van der Waals surface area (Å²) in [5.74, 6) is 0.875. The number of hydrogen-bond donors (Lipinski definition) is 0. The number of hydrogen-bond acceptors (Lipinski definition) is 4. The molecule has 1 aromatic heterocycles. The molecule has 0 spiro atoms. The molecule has 1 fully saturated rings. The molecule has 27 heavy (non-hydrogen) atoms. The van der Waals surface area contributed by atoms with Gasteiger partial charge < -0.3 is 9.42 Å². The van der Waals surface area contributed by atoms with Crippen LogP contribution in [0.4, 0.5) is 4.39 Å². The number of halogens is 1. The molecular formula is C21H28FN3O2. The highest BCUT2D eigenvalue weighted by Crippen LogP contribution is 2.33. The quantitative estimate of drug-likeness (QED) is 0.674. The number of likely N-dealkylation sites (tertiary alicyclic amines) is 1. The van der Waals surface area contributed by atoms with Gasteiger partial charge in [0.2, 0.25) is 17.6 Å². The summed E-state index contributed by atoms with van der Waals surface area (Å²) in [6.45, 7) is 4.97. The average Bonchev–Trinajstić information content (AvgIpc) is 3.19. The highest BCUT2D eigenvalue weighted by Gasteiger charge is 2.34. The summed E-state index contributed by atoms with van der Waals surface area (Å²) in [4.78, 5) is 19.6. The molecule has 0 saturated carbocycles. The van der Waals surface area contributed by atoms with Crippen molar-refractivity contribution in [2.75, 3.05) is 6.54 Å². The van der Waals surface area contributed by atoms with Crippen LogP contribution in [0.25, 0.3) is 11.4 Å². The zero-order valence-corrected chi connectivity index (χ0v) is 16.2. The molecule has 0 unspecified atom stereocenters. The number of carbonyl (C=O) groups excluding carboxylic acids is 1. The number of nitrogens with zero attached hydrogens (tertiary/aromatic N) is 3. The van der Waals surface area contributed by atoms with Crippen LogP contribution >= 0.6 is 0 Å². The van der Waals surface area contributed by atoms with Gasteiger partial charge in [-0.1, -0.05) is 31.8 Å². The standard InChI is InChI=1S/C21H28FN3O2/c1-3-5-8-15(4-2)21(26)25-14-7-6-9-18(25)20-23-19(24-27-20)16-10-12-17(22)13-11-16/h10-13,15,18H,3-9,14H2,1-2H3/t15-,18+/m1/s1. The van der Waals surface area contributed by atoms with Crippen molar-refractivity contribution >= 4 is 5.91 Å². The van der Waals surface area contributed by atoms with Gasteiger partial charge >= 0.3 is 0 Å². The van der Waals surface area contributed by atoms with E-state index in [-0.39, 0.29) is 23.7 Å². The second kappa shape index (κ2) is 9.11. The first-order valence-corrected chi connectivity index (χ1v) is 10.0. The summed E-state index contributed by atoms with van der Waals surface area (Å²) in [5.41, 5.74) is 0.703. The van der Waals surface area contributed by atoms with E-state index in [1.54, 1.807) is 12.1 Å². The fourth-order valence-corrected chi connectivity index (χ4v) is 3.73. The average molecular weight is 373 g/mol. The number of aromatic nitrogens is 2. The molecule has 1 saturated heterocycles. The molecule has 0 N–H and O–H groups in total. The number of carbonyl (C=O) groups is 1. The molecule has 2 heterocycles. The molecule has 2 aromatic rings. The van der Waals surface area contributed by atoms with Crippen LogP contribution in [-0.2, 0) is 4.79 Å². The number of rotatable bonds is 7. The molecule has 1 aliphatic heterocycles. The van der Waals surface area contributed by atoms with Crippen LogP contribution in [0.15, 0.2) is 28.8 Å². The van der Waals surface area contributed by atoms with Crippen molar-refractivity contribution in [2.24, 2.45) is 5.92 Å². The van der Waals surface area contributed by atoms with Gasteiger partial charge in [0.1, 0.15) is 11.9 Å². The van der Waals surface area contributed by atoms with Crippen LogP contribution in [0.3, 0.4) is 0 Å². The minimum absolute atomic E-state index is 0.0602. The zero-order valence-electron chi connectivity index (χ0n) is 16.2. The van der Waals surface area contributed by atoms with E-state index < -0.39 is 0 Å². The van der Waals surface area contributed by atoms with Gasteiger partial charge in [-0.15, -0.1) is 0 Å². The van der Waals surface area contributed by atoms with Crippen molar-refractivity contribution in [1.82, 2.24) is 15.0 Å². The number of unbranched alkanes of at least 4 members (excludes halogenated alkanes) is 1. The minimum Gasteiger partial charge on any atom is -0.337 e. The van der Waals surface area contributed by atoms with Crippen LogP contribution in [0.1, 0.15) is 70.7 Å². The molecule has 0 aliphatic carbocycles. The molecule has 6 heteroatoms. The predicted molar refractivity (Wildman–Crippen MR) is 101 cm³/mol. The van der Waals surface area contributed by atoms with E-state index in [0.29, 0.717) is 17.3 Å². The molecule has 1 aromatic carbocycles. The number of amides is 1. The molecule has 146 valence electrons. The summed E-state index contributed by atoms with van der Waals surface area (Å²) < 4.78 is 18.6. The SMILES string of the molecule is CCCC[C@@H](CC)C(=O)N1CCCC[C@H]1c1nc(-c2ccc(F)cc2)no1. The summed E-state index contributed by atoms with van der Waals surface area (Å²) in [6.07, 6.45) is 6.82. The van der Waals surface area contributed by atoms with Gasteiger partial charge in [0.05, 0.1) is 0 Å². The Kier molecular flexibility index (Phi) is 6.58. The van der Waals surface area contributed by atoms with E-state index in [1.165, 1.54) is 12.1 Å². The molecule has 0 bridgehead atoms. The van der Waals surface area contributed by atoms with Crippen molar-refractivity contribution < 1.29 is 13.7 Å². The van der Waals surface area contributed by atoms with Crippen molar-refractivity contribution in [1.29, 1.82) is 0 Å². The largest absolute Gasteiger partial charge is 0.337 e. The van der Waals surface area contributed by atoms with E-state index in [1.807, 2.05) is 4.90 Å². The Labute approximate surface area is 159 Å². The third kappa shape index (κ3) is 4.54. The van der Waals surface area contributed by atoms with Gasteiger partial charge in [0.25, 0.3) is 0 Å². The van der Waals surface area contributed by atoms with Crippen LogP contribution < -0.4 is 0 Å². The predicted octanol–water partition coefficient (Wildman–Crippen LogP) is 5.15. The summed E-state index contributed by atoms with van der Waals surface area (Å²) in [6, 6.07) is 5.85. The van der Waals surface area contributed by atoms with Gasteiger partial charge in [-0.2, -0.15) is 4.98 Å². The van der Waals surface area contributed by atoms with Crippen molar-refractivity contribution in [3.05, 3.63) is 36.0 Å². The highest BCUT2D eigenvalue weighted by atomic mass is 19.1. The first kappa shape index (κ1) is 19.5. The normalized spacial score (nSPS) is 18.5. The molecule has 1 amide bonds. The molecule has 3 rings (SSSR count). The Morgan fingerprint density at radius 2 is 2.07 bits per heavy atom. The maximum atomic E-state index is 13.1. The van der Waals surface area contributed by atoms with Gasteiger partial charge in [-0.3, -0.25) is 4.79 Å². The molecule has 2 atom stereocenters. The fourth-order valence-electron chi connectivity index (χ4n) is 3.73. The van der Waals surface area contributed by atoms with Crippen LogP contribution in [0, 0.1) is 11.7 Å². The van der Waals surface area contributed by atoms with Gasteiger partial charge in [-0.05, 0) is 56.4 Å². The molecule has 5 nitrogen and oxygen atoms in total. The van der Waals surface area contributed by atoms with Gasteiger partial charge in [0.15, 0.2) is 0 Å². The van der Waals surface area contributed by atoms with Crippen LogP contribution in [-0.4, -0.2) is 27.5 Å². The first-order valence-electron chi connectivity index (χ1n) is 10.0. The van der Waals surface area contributed by atoms with E-state index in [9.17, 15) is 9.18 Å². The summed E-state index contributed by atoms with van der Waals surface area (Å²) in [7, 11) is 0. The summed E-state index contributed by atoms with van der Waals surface area (Å²) in [5, 5.41) is 4.05. The van der Waals surface area contributed by atoms with Crippen molar-refractivity contribution in [3.8, 4) is 11.4 Å². The Balaban J connectivity index is 1.79. The Morgan fingerprint density at radius 3 is 2.78 bits per heavy atom. The Bertz CT molecular complexity index is 744. The summed E-state index contributed by atoms with van der Waals surface area (Å²) >= 11 is 0. The molecular weight excluding hydrogens is 345 g/mol. The lowest BCUT2D eigenvalue weighted by molar-refractivity contribution is -0.140. The van der Waals surface area contributed by atoms with Crippen LogP contribution in [0.5, 0.6) is 0 Å². The lowest BCUT2D eigenvalue weighted by Gasteiger charge is -2.35.